The smallest absolute Gasteiger partial charge is 0.220 e. The van der Waals surface area contributed by atoms with E-state index in [0.29, 0.717) is 12.5 Å². The summed E-state index contributed by atoms with van der Waals surface area (Å²) in [6.45, 7) is 0. The van der Waals surface area contributed by atoms with Crippen LogP contribution >= 0.6 is 23.1 Å². The van der Waals surface area contributed by atoms with E-state index < -0.39 is 0 Å². The van der Waals surface area contributed by atoms with Crippen LogP contribution in [0.25, 0.3) is 0 Å². The third kappa shape index (κ3) is 4.32. The summed E-state index contributed by atoms with van der Waals surface area (Å²) in [5.41, 5.74) is 1.28. The number of carbonyl (C=O) groups is 1. The molecule has 0 bridgehead atoms. The van der Waals surface area contributed by atoms with E-state index in [-0.39, 0.29) is 5.91 Å². The molecule has 4 heteroatoms. The Hall–Kier alpha value is -0.480. The van der Waals surface area contributed by atoms with Crippen molar-refractivity contribution < 1.29 is 4.79 Å². The summed E-state index contributed by atoms with van der Waals surface area (Å²) in [5, 5.41) is 8.12. The van der Waals surface area contributed by atoms with Gasteiger partial charge in [-0.3, -0.25) is 4.79 Å². The second-order valence-corrected chi connectivity index (χ2v) is 6.84. The molecule has 2 rings (SSSR count). The van der Waals surface area contributed by atoms with Gasteiger partial charge in [-0.05, 0) is 54.3 Å². The highest BCUT2D eigenvalue weighted by Gasteiger charge is 2.22. The number of amides is 1. The average molecular weight is 283 g/mol. The number of thiophene rings is 1. The Balaban J connectivity index is 1.70. The molecular formula is C14H21NOS2. The Kier molecular flexibility index (Phi) is 5.57. The van der Waals surface area contributed by atoms with Crippen molar-refractivity contribution in [2.24, 2.45) is 0 Å². The first-order valence-corrected chi connectivity index (χ1v) is 8.84. The van der Waals surface area contributed by atoms with Crippen molar-refractivity contribution in [2.75, 3.05) is 6.26 Å². The molecule has 100 valence electrons. The van der Waals surface area contributed by atoms with Gasteiger partial charge in [-0.2, -0.15) is 23.1 Å². The summed E-state index contributed by atoms with van der Waals surface area (Å²) < 4.78 is 0. The number of aryl methyl sites for hydroxylation is 1. The molecule has 2 atom stereocenters. The molecule has 1 N–H and O–H groups in total. The zero-order valence-corrected chi connectivity index (χ0v) is 12.5. The molecule has 0 spiro atoms. The van der Waals surface area contributed by atoms with E-state index in [0.717, 1.165) is 24.5 Å². The number of hydrogen-bond donors (Lipinski definition) is 1. The molecule has 1 aliphatic rings. The molecule has 1 fully saturated rings. The van der Waals surface area contributed by atoms with Gasteiger partial charge < -0.3 is 5.32 Å². The zero-order valence-electron chi connectivity index (χ0n) is 10.9. The largest absolute Gasteiger partial charge is 0.353 e. The summed E-state index contributed by atoms with van der Waals surface area (Å²) in [6.07, 6.45) is 8.52. The third-order valence-electron chi connectivity index (χ3n) is 3.55. The van der Waals surface area contributed by atoms with Gasteiger partial charge >= 0.3 is 0 Å². The molecule has 1 heterocycles. The van der Waals surface area contributed by atoms with Crippen molar-refractivity contribution in [3.05, 3.63) is 22.4 Å². The third-order valence-corrected chi connectivity index (χ3v) is 5.37. The first-order chi connectivity index (χ1) is 8.78. The lowest BCUT2D eigenvalue weighted by Gasteiger charge is -2.28. The lowest BCUT2D eigenvalue weighted by Crippen LogP contribution is -2.39. The van der Waals surface area contributed by atoms with Crippen LogP contribution in [-0.2, 0) is 11.2 Å². The van der Waals surface area contributed by atoms with Gasteiger partial charge in [0, 0.05) is 17.7 Å². The Labute approximate surface area is 118 Å². The van der Waals surface area contributed by atoms with Gasteiger partial charge in [-0.15, -0.1) is 0 Å². The number of thioether (sulfide) groups is 1. The Morgan fingerprint density at radius 2 is 2.44 bits per heavy atom. The van der Waals surface area contributed by atoms with Crippen LogP contribution in [0.4, 0.5) is 0 Å². The van der Waals surface area contributed by atoms with E-state index in [2.05, 4.69) is 28.4 Å². The van der Waals surface area contributed by atoms with Crippen LogP contribution in [0.2, 0.25) is 0 Å². The van der Waals surface area contributed by atoms with E-state index in [1.165, 1.54) is 18.4 Å². The second-order valence-electron chi connectivity index (χ2n) is 4.92. The molecule has 18 heavy (non-hydrogen) atoms. The molecule has 2 nitrogen and oxygen atoms in total. The van der Waals surface area contributed by atoms with E-state index in [1.807, 2.05) is 11.8 Å². The summed E-state index contributed by atoms with van der Waals surface area (Å²) in [4.78, 5) is 11.9. The maximum atomic E-state index is 11.9. The molecule has 0 aromatic carbocycles. The molecule has 0 aliphatic heterocycles. The summed E-state index contributed by atoms with van der Waals surface area (Å²) in [7, 11) is 0. The Morgan fingerprint density at radius 3 is 3.17 bits per heavy atom. The minimum atomic E-state index is 0.216. The Morgan fingerprint density at radius 1 is 1.56 bits per heavy atom. The number of rotatable bonds is 5. The monoisotopic (exact) mass is 283 g/mol. The Bertz CT molecular complexity index is 364. The topological polar surface area (TPSA) is 29.1 Å². The lowest BCUT2D eigenvalue weighted by molar-refractivity contribution is -0.121. The van der Waals surface area contributed by atoms with Crippen LogP contribution in [0.15, 0.2) is 16.8 Å². The molecular weight excluding hydrogens is 262 g/mol. The van der Waals surface area contributed by atoms with Gasteiger partial charge in [0.05, 0.1) is 0 Å². The van der Waals surface area contributed by atoms with Crippen molar-refractivity contribution in [3.8, 4) is 0 Å². The summed E-state index contributed by atoms with van der Waals surface area (Å²) in [5.74, 6) is 0.216. The van der Waals surface area contributed by atoms with E-state index in [4.69, 9.17) is 0 Å². The zero-order chi connectivity index (χ0) is 12.8. The van der Waals surface area contributed by atoms with E-state index >= 15 is 0 Å². The van der Waals surface area contributed by atoms with Crippen LogP contribution in [0.5, 0.6) is 0 Å². The fourth-order valence-corrected chi connectivity index (χ4v) is 4.01. The highest BCUT2D eigenvalue weighted by Crippen LogP contribution is 2.26. The molecule has 1 amide bonds. The van der Waals surface area contributed by atoms with Crippen LogP contribution in [0, 0.1) is 0 Å². The molecule has 1 aromatic heterocycles. The first kappa shape index (κ1) is 13.9. The summed E-state index contributed by atoms with van der Waals surface area (Å²) in [6, 6.07) is 2.51. The van der Waals surface area contributed by atoms with Crippen molar-refractivity contribution >= 4 is 29.0 Å². The number of carbonyl (C=O) groups excluding carboxylic acids is 1. The van der Waals surface area contributed by atoms with Crippen LogP contribution in [0.1, 0.15) is 37.7 Å². The van der Waals surface area contributed by atoms with E-state index in [9.17, 15) is 4.79 Å². The fourth-order valence-electron chi connectivity index (χ4n) is 2.48. The predicted molar refractivity (Wildman–Crippen MR) is 80.3 cm³/mol. The average Bonchev–Trinajstić information content (AvgIpc) is 2.90. The molecule has 1 aromatic rings. The fraction of sp³-hybridized carbons (Fsp3) is 0.643. The highest BCUT2D eigenvalue weighted by molar-refractivity contribution is 7.99. The maximum absolute atomic E-state index is 11.9. The molecule has 0 unspecified atom stereocenters. The van der Waals surface area contributed by atoms with Gasteiger partial charge in [-0.1, -0.05) is 6.42 Å². The van der Waals surface area contributed by atoms with Gasteiger partial charge in [0.15, 0.2) is 0 Å². The standard InChI is InChI=1S/C14H21NOS2/c1-17-13-4-2-3-12(9-13)15-14(16)6-5-11-7-8-18-10-11/h7-8,10,12-13H,2-6,9H2,1H3,(H,15,16)/t12-,13-/m1/s1. The molecule has 0 radical (unpaired) electrons. The normalized spacial score (nSPS) is 23.8. The minimum Gasteiger partial charge on any atom is -0.353 e. The SMILES string of the molecule is CS[C@@H]1CCC[C@@H](NC(=O)CCc2ccsc2)C1. The van der Waals surface area contributed by atoms with Crippen molar-refractivity contribution in [1.29, 1.82) is 0 Å². The van der Waals surface area contributed by atoms with Crippen LogP contribution in [0.3, 0.4) is 0 Å². The van der Waals surface area contributed by atoms with Gasteiger partial charge in [0.2, 0.25) is 5.91 Å². The number of nitrogens with one attached hydrogen (secondary N) is 1. The van der Waals surface area contributed by atoms with Crippen LogP contribution in [-0.4, -0.2) is 23.5 Å². The van der Waals surface area contributed by atoms with Gasteiger partial charge in [0.25, 0.3) is 0 Å². The molecule has 0 saturated heterocycles. The quantitative estimate of drug-likeness (QED) is 0.896. The van der Waals surface area contributed by atoms with Gasteiger partial charge in [-0.25, -0.2) is 0 Å². The molecule has 1 saturated carbocycles. The molecule has 1 aliphatic carbocycles. The predicted octanol–water partition coefficient (Wildman–Crippen LogP) is 3.47. The minimum absolute atomic E-state index is 0.216. The highest BCUT2D eigenvalue weighted by atomic mass is 32.2. The lowest BCUT2D eigenvalue weighted by atomic mass is 9.95. The van der Waals surface area contributed by atoms with Crippen molar-refractivity contribution in [3.63, 3.8) is 0 Å². The van der Waals surface area contributed by atoms with Crippen molar-refractivity contribution in [2.45, 2.75) is 49.8 Å². The van der Waals surface area contributed by atoms with Crippen molar-refractivity contribution in [1.82, 2.24) is 5.32 Å². The number of hydrogen-bond acceptors (Lipinski definition) is 3. The second kappa shape index (κ2) is 7.19. The maximum Gasteiger partial charge on any atom is 0.220 e. The first-order valence-electron chi connectivity index (χ1n) is 6.61. The van der Waals surface area contributed by atoms with Gasteiger partial charge in [0.1, 0.15) is 0 Å². The summed E-state index contributed by atoms with van der Waals surface area (Å²) >= 11 is 3.63. The van der Waals surface area contributed by atoms with E-state index in [1.54, 1.807) is 11.3 Å². The van der Waals surface area contributed by atoms with Crippen LogP contribution < -0.4 is 5.32 Å².